The highest BCUT2D eigenvalue weighted by Gasteiger charge is 1.89. The zero-order valence-corrected chi connectivity index (χ0v) is 5.83. The Labute approximate surface area is 60.5 Å². The maximum absolute atomic E-state index is 8.50. The molecule has 49 valence electrons. The van der Waals surface area contributed by atoms with Gasteiger partial charge in [0.2, 0.25) is 0 Å². The second-order valence-electron chi connectivity index (χ2n) is 2.10. The van der Waals surface area contributed by atoms with Gasteiger partial charge in [-0.15, -0.1) is 0 Å². The van der Waals surface area contributed by atoms with Crippen LogP contribution >= 0.6 is 0 Å². The van der Waals surface area contributed by atoms with Crippen molar-refractivity contribution < 1.29 is 0 Å². The van der Waals surface area contributed by atoms with Crippen LogP contribution in [0.15, 0.2) is 30.3 Å². The summed E-state index contributed by atoms with van der Waals surface area (Å²) in [5.74, 6) is 2.10. The van der Waals surface area contributed by atoms with E-state index < -0.39 is 0 Å². The minimum atomic E-state index is 0.764. The molecule has 1 radical (unpaired) electrons. The Kier molecular flexibility index (Phi) is 2.03. The van der Waals surface area contributed by atoms with Crippen LogP contribution in [0.1, 0.15) is 12.5 Å². The highest BCUT2D eigenvalue weighted by molar-refractivity contribution is 5.87. The van der Waals surface area contributed by atoms with Gasteiger partial charge < -0.3 is 0 Å². The fraction of sp³-hybridized carbons (Fsp3) is 0.111. The van der Waals surface area contributed by atoms with Crippen LogP contribution in [-0.4, -0.2) is 5.87 Å². The maximum atomic E-state index is 8.50. The van der Waals surface area contributed by atoms with Crippen molar-refractivity contribution in [1.29, 1.82) is 0 Å². The van der Waals surface area contributed by atoms with E-state index in [1.54, 1.807) is 0 Å². The summed E-state index contributed by atoms with van der Waals surface area (Å²) in [7, 11) is 0. The Hall–Kier alpha value is -1.33. The van der Waals surface area contributed by atoms with E-state index in [0.717, 1.165) is 11.1 Å². The number of benzene rings is 1. The van der Waals surface area contributed by atoms with Gasteiger partial charge in [-0.05, 0) is 12.5 Å². The van der Waals surface area contributed by atoms with Gasteiger partial charge in [-0.3, -0.25) is 0 Å². The molecular weight excluding hydrogens is 122 g/mol. The molecule has 0 aliphatic heterocycles. The van der Waals surface area contributed by atoms with Gasteiger partial charge in [0.25, 0.3) is 0 Å². The van der Waals surface area contributed by atoms with Gasteiger partial charge in [0.15, 0.2) is 0 Å². The highest BCUT2D eigenvalue weighted by atomic mass is 14.3. The Morgan fingerprint density at radius 3 is 2.40 bits per heavy atom. The molecule has 0 saturated heterocycles. The smallest absolute Gasteiger partial charge is 0.0196 e. The minimum Gasteiger partial charge on any atom is -0.0966 e. The van der Waals surface area contributed by atoms with Crippen LogP contribution in [-0.2, 0) is 0 Å². The topological polar surface area (TPSA) is 22.3 Å². The van der Waals surface area contributed by atoms with E-state index >= 15 is 0 Å². The molecule has 0 fully saturated rings. The lowest BCUT2D eigenvalue weighted by atomic mass is 10.1. The number of hydrogen-bond acceptors (Lipinski definition) is 0. The molecule has 0 heterocycles. The lowest BCUT2D eigenvalue weighted by Crippen LogP contribution is -1.77. The SMILES string of the molecule is CC(=C=[N])c1ccccc1. The van der Waals surface area contributed by atoms with Gasteiger partial charge in [0.05, 0.1) is 0 Å². The van der Waals surface area contributed by atoms with E-state index in [2.05, 4.69) is 5.87 Å². The Balaban J connectivity index is 3.08. The van der Waals surface area contributed by atoms with Gasteiger partial charge in [-0.1, -0.05) is 35.7 Å². The molecule has 0 unspecified atom stereocenters. The van der Waals surface area contributed by atoms with Crippen LogP contribution in [0.25, 0.3) is 5.57 Å². The largest absolute Gasteiger partial charge is 0.0966 e. The van der Waals surface area contributed by atoms with Crippen LogP contribution in [0.5, 0.6) is 0 Å². The molecule has 0 saturated carbocycles. The molecule has 1 aromatic carbocycles. The summed E-state index contributed by atoms with van der Waals surface area (Å²) in [6, 6.07) is 9.65. The van der Waals surface area contributed by atoms with Crippen LogP contribution < -0.4 is 5.41 Å². The molecule has 10 heavy (non-hydrogen) atoms. The molecule has 0 aliphatic carbocycles. The van der Waals surface area contributed by atoms with Crippen molar-refractivity contribution >= 4 is 11.4 Å². The molecular formula is C9H8N. The van der Waals surface area contributed by atoms with Crippen LogP contribution in [0.2, 0.25) is 0 Å². The Morgan fingerprint density at radius 2 is 1.90 bits per heavy atom. The molecule has 0 bridgehead atoms. The lowest BCUT2D eigenvalue weighted by molar-refractivity contribution is 1.59. The molecule has 0 N–H and O–H groups in total. The fourth-order valence-corrected chi connectivity index (χ4v) is 0.753. The van der Waals surface area contributed by atoms with Crippen molar-refractivity contribution in [2.45, 2.75) is 6.92 Å². The van der Waals surface area contributed by atoms with Crippen LogP contribution in [0, 0.1) is 0 Å². The standard InChI is InChI=1S/C9H8N/c1-8(7-10)9-5-3-2-4-6-9/h2-6H,1H3. The average molecular weight is 130 g/mol. The molecule has 0 amide bonds. The summed E-state index contributed by atoms with van der Waals surface area (Å²) in [5, 5.41) is 8.50. The van der Waals surface area contributed by atoms with Gasteiger partial charge in [-0.25, -0.2) is 0 Å². The Morgan fingerprint density at radius 1 is 1.30 bits per heavy atom. The van der Waals surface area contributed by atoms with E-state index in [1.165, 1.54) is 0 Å². The molecule has 0 aromatic heterocycles. The summed E-state index contributed by atoms with van der Waals surface area (Å²) < 4.78 is 0. The average Bonchev–Trinajstić information content (AvgIpc) is 2.05. The van der Waals surface area contributed by atoms with Gasteiger partial charge in [0, 0.05) is 11.4 Å². The molecule has 1 aromatic rings. The van der Waals surface area contributed by atoms with E-state index in [-0.39, 0.29) is 0 Å². The summed E-state index contributed by atoms with van der Waals surface area (Å²) >= 11 is 0. The number of rotatable bonds is 1. The number of hydrogen-bond donors (Lipinski definition) is 0. The summed E-state index contributed by atoms with van der Waals surface area (Å²) in [4.78, 5) is 0. The predicted molar refractivity (Wildman–Crippen MR) is 42.7 cm³/mol. The van der Waals surface area contributed by atoms with Gasteiger partial charge in [-0.2, -0.15) is 0 Å². The van der Waals surface area contributed by atoms with Crippen molar-refractivity contribution in [2.24, 2.45) is 0 Å². The Bertz CT molecular complexity index is 255. The molecule has 0 spiro atoms. The second-order valence-corrected chi connectivity index (χ2v) is 2.10. The summed E-state index contributed by atoms with van der Waals surface area (Å²) in [5.41, 5.74) is 1.77. The van der Waals surface area contributed by atoms with Gasteiger partial charge in [0.1, 0.15) is 0 Å². The normalized spacial score (nSPS) is 8.50. The zero-order chi connectivity index (χ0) is 7.40. The van der Waals surface area contributed by atoms with Crippen molar-refractivity contribution in [3.05, 3.63) is 35.9 Å². The third kappa shape index (κ3) is 1.34. The number of nitrogens with zero attached hydrogens (tertiary/aromatic N) is 1. The van der Waals surface area contributed by atoms with Crippen molar-refractivity contribution in [3.63, 3.8) is 0 Å². The molecule has 1 rings (SSSR count). The van der Waals surface area contributed by atoms with Crippen molar-refractivity contribution in [2.75, 3.05) is 0 Å². The lowest BCUT2D eigenvalue weighted by Gasteiger charge is -1.93. The molecule has 1 heteroatoms. The van der Waals surface area contributed by atoms with Crippen LogP contribution in [0.3, 0.4) is 0 Å². The monoisotopic (exact) mass is 130 g/mol. The second kappa shape index (κ2) is 3.00. The first-order valence-corrected chi connectivity index (χ1v) is 3.13. The first kappa shape index (κ1) is 6.79. The van der Waals surface area contributed by atoms with E-state index in [0.29, 0.717) is 0 Å². The minimum absolute atomic E-state index is 0.764. The third-order valence-electron chi connectivity index (χ3n) is 1.37. The molecule has 1 nitrogen and oxygen atoms in total. The quantitative estimate of drug-likeness (QED) is 0.515. The van der Waals surface area contributed by atoms with E-state index in [1.807, 2.05) is 37.3 Å². The number of allylic oxidation sites excluding steroid dienone is 1. The van der Waals surface area contributed by atoms with Gasteiger partial charge >= 0.3 is 0 Å². The third-order valence-corrected chi connectivity index (χ3v) is 1.37. The summed E-state index contributed by atoms with van der Waals surface area (Å²) in [6.45, 7) is 1.81. The van der Waals surface area contributed by atoms with Crippen molar-refractivity contribution in [3.8, 4) is 0 Å². The maximum Gasteiger partial charge on any atom is 0.0196 e. The molecule has 0 atom stereocenters. The summed E-state index contributed by atoms with van der Waals surface area (Å²) in [6.07, 6.45) is 0. The highest BCUT2D eigenvalue weighted by Crippen LogP contribution is 2.07. The first-order valence-electron chi connectivity index (χ1n) is 3.13. The van der Waals surface area contributed by atoms with Crippen LogP contribution in [0.4, 0.5) is 0 Å². The fourth-order valence-electron chi connectivity index (χ4n) is 0.753. The van der Waals surface area contributed by atoms with Crippen molar-refractivity contribution in [1.82, 2.24) is 5.41 Å². The van der Waals surface area contributed by atoms with E-state index in [4.69, 9.17) is 5.41 Å². The molecule has 0 aliphatic rings. The zero-order valence-electron chi connectivity index (χ0n) is 5.83. The first-order chi connectivity index (χ1) is 4.84. The van der Waals surface area contributed by atoms with E-state index in [9.17, 15) is 0 Å². The predicted octanol–water partition coefficient (Wildman–Crippen LogP) is 1.56.